The molecule has 0 heterocycles. The van der Waals surface area contributed by atoms with E-state index < -0.39 is 23.6 Å². The second kappa shape index (κ2) is 6.27. The van der Waals surface area contributed by atoms with E-state index >= 15 is 0 Å². The summed E-state index contributed by atoms with van der Waals surface area (Å²) in [7, 11) is 0. The van der Waals surface area contributed by atoms with Crippen molar-refractivity contribution in [1.82, 2.24) is 5.32 Å². The first-order valence-electron chi connectivity index (χ1n) is 5.68. The monoisotopic (exact) mass is 289 g/mol. The highest BCUT2D eigenvalue weighted by atomic mass is 19.4. The Morgan fingerprint density at radius 3 is 2.40 bits per heavy atom. The minimum Gasteiger partial charge on any atom is -0.409 e. The van der Waals surface area contributed by atoms with Gasteiger partial charge in [0, 0.05) is 18.0 Å². The third-order valence-corrected chi connectivity index (χ3v) is 2.66. The molecule has 0 fully saturated rings. The van der Waals surface area contributed by atoms with Gasteiger partial charge in [0.25, 0.3) is 5.91 Å². The molecule has 0 aromatic heterocycles. The van der Waals surface area contributed by atoms with Crippen LogP contribution in [0.3, 0.4) is 0 Å². The van der Waals surface area contributed by atoms with Gasteiger partial charge in [-0.2, -0.15) is 13.2 Å². The predicted octanol–water partition coefficient (Wildman–Crippen LogP) is 1.82. The summed E-state index contributed by atoms with van der Waals surface area (Å²) in [6.07, 6.45) is -4.43. The van der Waals surface area contributed by atoms with Crippen molar-refractivity contribution in [2.24, 2.45) is 16.8 Å². The topological polar surface area (TPSA) is 87.7 Å². The van der Waals surface area contributed by atoms with Crippen LogP contribution in [-0.4, -0.2) is 23.5 Å². The number of rotatable bonds is 4. The molecule has 0 radical (unpaired) electrons. The molecule has 4 N–H and O–H groups in total. The summed E-state index contributed by atoms with van der Waals surface area (Å²) in [5.41, 5.74) is 4.61. The van der Waals surface area contributed by atoms with Crippen molar-refractivity contribution in [1.29, 1.82) is 0 Å². The second-order valence-corrected chi connectivity index (χ2v) is 4.21. The zero-order valence-electron chi connectivity index (χ0n) is 10.6. The van der Waals surface area contributed by atoms with Crippen molar-refractivity contribution in [3.63, 3.8) is 0 Å². The predicted molar refractivity (Wildman–Crippen MR) is 66.4 cm³/mol. The lowest BCUT2D eigenvalue weighted by molar-refractivity contribution is -0.137. The Kier molecular flexibility index (Phi) is 4.95. The van der Waals surface area contributed by atoms with Crippen LogP contribution >= 0.6 is 0 Å². The molecular weight excluding hydrogens is 275 g/mol. The van der Waals surface area contributed by atoms with Crippen molar-refractivity contribution in [2.45, 2.75) is 13.1 Å². The van der Waals surface area contributed by atoms with Crippen molar-refractivity contribution < 1.29 is 23.2 Å². The number of hydrogen-bond donors (Lipinski definition) is 3. The second-order valence-electron chi connectivity index (χ2n) is 4.21. The summed E-state index contributed by atoms with van der Waals surface area (Å²) in [5, 5.41) is 13.7. The number of nitrogens with two attached hydrogens (primary N) is 1. The number of nitrogens with one attached hydrogen (secondary N) is 1. The Morgan fingerprint density at radius 1 is 1.40 bits per heavy atom. The van der Waals surface area contributed by atoms with Crippen LogP contribution in [0.1, 0.15) is 22.8 Å². The van der Waals surface area contributed by atoms with E-state index in [0.717, 1.165) is 24.3 Å². The highest BCUT2D eigenvalue weighted by Gasteiger charge is 2.30. The summed E-state index contributed by atoms with van der Waals surface area (Å²) < 4.78 is 37.1. The molecule has 0 aliphatic heterocycles. The largest absolute Gasteiger partial charge is 0.416 e. The Hall–Kier alpha value is -2.25. The van der Waals surface area contributed by atoms with E-state index in [4.69, 9.17) is 10.9 Å². The molecule has 110 valence electrons. The van der Waals surface area contributed by atoms with Gasteiger partial charge >= 0.3 is 6.18 Å². The Morgan fingerprint density at radius 2 is 1.95 bits per heavy atom. The third-order valence-electron chi connectivity index (χ3n) is 2.66. The van der Waals surface area contributed by atoms with Crippen LogP contribution in [-0.2, 0) is 6.18 Å². The fraction of sp³-hybridized carbons (Fsp3) is 0.333. The standard InChI is InChI=1S/C12H14F3N3O2/c1-7(10(16)18-20)6-17-11(19)8-2-4-9(5-3-8)12(13,14)15/h2-5,7,20H,6H2,1H3,(H2,16,18)(H,17,19). The van der Waals surface area contributed by atoms with Crippen molar-refractivity contribution in [2.75, 3.05) is 6.54 Å². The van der Waals surface area contributed by atoms with Crippen LogP contribution in [0, 0.1) is 5.92 Å². The fourth-order valence-electron chi connectivity index (χ4n) is 1.36. The summed E-state index contributed by atoms with van der Waals surface area (Å²) >= 11 is 0. The van der Waals surface area contributed by atoms with Gasteiger partial charge in [-0.15, -0.1) is 0 Å². The van der Waals surface area contributed by atoms with Crippen LogP contribution in [0.25, 0.3) is 0 Å². The summed E-state index contributed by atoms with van der Waals surface area (Å²) in [6, 6.07) is 3.85. The molecule has 1 atom stereocenters. The van der Waals surface area contributed by atoms with E-state index in [1.165, 1.54) is 0 Å². The molecular formula is C12H14F3N3O2. The van der Waals surface area contributed by atoms with Gasteiger partial charge < -0.3 is 16.3 Å². The smallest absolute Gasteiger partial charge is 0.409 e. The number of hydrogen-bond acceptors (Lipinski definition) is 3. The number of amidine groups is 1. The van der Waals surface area contributed by atoms with Gasteiger partial charge in [-0.25, -0.2) is 0 Å². The molecule has 0 bridgehead atoms. The van der Waals surface area contributed by atoms with Gasteiger partial charge in [-0.3, -0.25) is 4.79 Å². The zero-order valence-corrected chi connectivity index (χ0v) is 10.6. The molecule has 1 amide bonds. The van der Waals surface area contributed by atoms with Crippen molar-refractivity contribution in [3.8, 4) is 0 Å². The summed E-state index contributed by atoms with van der Waals surface area (Å²) in [5.74, 6) is -0.965. The van der Waals surface area contributed by atoms with E-state index in [0.29, 0.717) is 0 Å². The van der Waals surface area contributed by atoms with Gasteiger partial charge in [0.05, 0.1) is 5.56 Å². The molecule has 20 heavy (non-hydrogen) atoms. The number of nitrogens with zero attached hydrogens (tertiary/aromatic N) is 1. The van der Waals surface area contributed by atoms with Crippen molar-refractivity contribution in [3.05, 3.63) is 35.4 Å². The molecule has 0 saturated carbocycles. The Balaban J connectivity index is 2.65. The molecule has 0 aliphatic rings. The number of amides is 1. The number of carbonyl (C=O) groups excluding carboxylic acids is 1. The maximum Gasteiger partial charge on any atom is 0.416 e. The fourth-order valence-corrected chi connectivity index (χ4v) is 1.36. The molecule has 1 aromatic rings. The SMILES string of the molecule is CC(CNC(=O)c1ccc(C(F)(F)F)cc1)C(N)=NO. The van der Waals surface area contributed by atoms with Crippen LogP contribution in [0.5, 0.6) is 0 Å². The zero-order chi connectivity index (χ0) is 15.3. The highest BCUT2D eigenvalue weighted by Crippen LogP contribution is 2.29. The first-order valence-corrected chi connectivity index (χ1v) is 5.68. The van der Waals surface area contributed by atoms with Gasteiger partial charge in [0.15, 0.2) is 0 Å². The molecule has 0 saturated heterocycles. The highest BCUT2D eigenvalue weighted by molar-refractivity contribution is 5.94. The average molecular weight is 289 g/mol. The average Bonchev–Trinajstić information content (AvgIpc) is 2.42. The molecule has 1 unspecified atom stereocenters. The van der Waals surface area contributed by atoms with E-state index in [9.17, 15) is 18.0 Å². The van der Waals surface area contributed by atoms with Gasteiger partial charge in [0.1, 0.15) is 5.84 Å². The lowest BCUT2D eigenvalue weighted by atomic mass is 10.1. The number of carbonyl (C=O) groups is 1. The van der Waals surface area contributed by atoms with Crippen LogP contribution in [0.4, 0.5) is 13.2 Å². The number of alkyl halides is 3. The molecule has 8 heteroatoms. The summed E-state index contributed by atoms with van der Waals surface area (Å²) in [6.45, 7) is 1.73. The van der Waals surface area contributed by atoms with E-state index in [1.54, 1.807) is 6.92 Å². The first kappa shape index (κ1) is 15.8. The Labute approximate surface area is 113 Å². The maximum atomic E-state index is 12.4. The lowest BCUT2D eigenvalue weighted by Gasteiger charge is -2.11. The Bertz CT molecular complexity index is 498. The minimum atomic E-state index is -4.43. The van der Waals surface area contributed by atoms with Gasteiger partial charge in [-0.05, 0) is 24.3 Å². The number of halogens is 3. The van der Waals surface area contributed by atoms with Crippen LogP contribution < -0.4 is 11.1 Å². The molecule has 0 aliphatic carbocycles. The van der Waals surface area contributed by atoms with E-state index in [2.05, 4.69) is 10.5 Å². The van der Waals surface area contributed by atoms with E-state index in [1.807, 2.05) is 0 Å². The van der Waals surface area contributed by atoms with Gasteiger partial charge in [-0.1, -0.05) is 12.1 Å². The lowest BCUT2D eigenvalue weighted by Crippen LogP contribution is -2.34. The van der Waals surface area contributed by atoms with Crippen LogP contribution in [0.15, 0.2) is 29.4 Å². The van der Waals surface area contributed by atoms with Crippen LogP contribution in [0.2, 0.25) is 0 Å². The van der Waals surface area contributed by atoms with E-state index in [-0.39, 0.29) is 17.9 Å². The minimum absolute atomic E-state index is 0.0438. The van der Waals surface area contributed by atoms with Gasteiger partial charge in [0.2, 0.25) is 0 Å². The molecule has 0 spiro atoms. The molecule has 5 nitrogen and oxygen atoms in total. The third kappa shape index (κ3) is 4.15. The number of benzene rings is 1. The quantitative estimate of drug-likeness (QED) is 0.342. The number of oxime groups is 1. The summed E-state index contributed by atoms with van der Waals surface area (Å²) in [4.78, 5) is 11.7. The normalized spacial score (nSPS) is 13.9. The van der Waals surface area contributed by atoms with Crippen molar-refractivity contribution >= 4 is 11.7 Å². The first-order chi connectivity index (χ1) is 9.25. The maximum absolute atomic E-state index is 12.4. The molecule has 1 aromatic carbocycles. The molecule has 1 rings (SSSR count).